The van der Waals surface area contributed by atoms with Crippen LogP contribution in [0.4, 0.5) is 0 Å². The van der Waals surface area contributed by atoms with Gasteiger partial charge in [0.25, 0.3) is 5.91 Å². The molecular formula is C18H17BrN2OS2. The van der Waals surface area contributed by atoms with Crippen LogP contribution in [0.2, 0.25) is 0 Å². The predicted octanol–water partition coefficient (Wildman–Crippen LogP) is 5.24. The molecule has 2 aromatic carbocycles. The zero-order valence-corrected chi connectivity index (χ0v) is 16.8. The van der Waals surface area contributed by atoms with Crippen LogP contribution in [-0.2, 0) is 7.05 Å². The van der Waals surface area contributed by atoms with Gasteiger partial charge in [-0.05, 0) is 52.3 Å². The number of thioether (sulfide) groups is 1. The molecule has 124 valence electrons. The molecule has 0 aliphatic heterocycles. The van der Waals surface area contributed by atoms with E-state index in [2.05, 4.69) is 34.8 Å². The molecule has 0 fully saturated rings. The fraction of sp³-hybridized carbons (Fsp3) is 0.222. The average Bonchev–Trinajstić information content (AvgIpc) is 2.85. The maximum absolute atomic E-state index is 12.5. The van der Waals surface area contributed by atoms with Crippen LogP contribution in [0, 0.1) is 0 Å². The third-order valence-electron chi connectivity index (χ3n) is 3.44. The Balaban J connectivity index is 1.95. The molecule has 1 aromatic heterocycles. The van der Waals surface area contributed by atoms with Gasteiger partial charge < -0.3 is 4.57 Å². The molecule has 0 unspecified atom stereocenters. The largest absolute Gasteiger partial charge is 0.318 e. The number of aromatic nitrogens is 1. The zero-order chi connectivity index (χ0) is 17.3. The van der Waals surface area contributed by atoms with Crippen molar-refractivity contribution >= 4 is 55.2 Å². The van der Waals surface area contributed by atoms with Crippen LogP contribution < -0.4 is 4.80 Å². The first kappa shape index (κ1) is 17.5. The van der Waals surface area contributed by atoms with Gasteiger partial charge in [-0.25, -0.2) is 0 Å². The Kier molecular flexibility index (Phi) is 5.27. The molecule has 3 aromatic rings. The molecule has 0 radical (unpaired) electrons. The van der Waals surface area contributed by atoms with Crippen LogP contribution in [0.5, 0.6) is 0 Å². The van der Waals surface area contributed by atoms with E-state index in [-0.39, 0.29) is 5.91 Å². The van der Waals surface area contributed by atoms with E-state index < -0.39 is 0 Å². The highest BCUT2D eigenvalue weighted by Crippen LogP contribution is 2.25. The molecule has 3 nitrogen and oxygen atoms in total. The Morgan fingerprint density at radius 2 is 1.92 bits per heavy atom. The summed E-state index contributed by atoms with van der Waals surface area (Å²) in [5.41, 5.74) is 1.66. The van der Waals surface area contributed by atoms with Crippen molar-refractivity contribution in [2.45, 2.75) is 24.0 Å². The molecule has 24 heavy (non-hydrogen) atoms. The van der Waals surface area contributed by atoms with Crippen molar-refractivity contribution in [3.8, 4) is 0 Å². The van der Waals surface area contributed by atoms with E-state index in [1.54, 1.807) is 11.8 Å². The van der Waals surface area contributed by atoms with Crippen molar-refractivity contribution in [2.24, 2.45) is 12.0 Å². The highest BCUT2D eigenvalue weighted by molar-refractivity contribution is 9.10. The number of fused-ring (bicyclic) bond motifs is 1. The lowest BCUT2D eigenvalue weighted by molar-refractivity contribution is 0.0998. The molecule has 0 bridgehead atoms. The van der Waals surface area contributed by atoms with Gasteiger partial charge in [-0.3, -0.25) is 4.79 Å². The minimum atomic E-state index is -0.214. The second-order valence-corrected chi connectivity index (χ2v) is 9.15. The van der Waals surface area contributed by atoms with Gasteiger partial charge in [0.05, 0.1) is 10.2 Å². The normalized spacial score (nSPS) is 12.3. The number of thiazole rings is 1. The van der Waals surface area contributed by atoms with Crippen LogP contribution >= 0.6 is 39.0 Å². The van der Waals surface area contributed by atoms with E-state index in [0.717, 1.165) is 19.6 Å². The van der Waals surface area contributed by atoms with E-state index in [9.17, 15) is 4.79 Å². The SMILES string of the molecule is CC(C)Sc1ccc(C(=O)N=c2sc3cccc(Br)c3n2C)cc1. The van der Waals surface area contributed by atoms with Crippen LogP contribution in [-0.4, -0.2) is 15.7 Å². The van der Waals surface area contributed by atoms with Gasteiger partial charge in [0, 0.05) is 27.2 Å². The zero-order valence-electron chi connectivity index (χ0n) is 13.6. The molecule has 0 saturated heterocycles. The summed E-state index contributed by atoms with van der Waals surface area (Å²) in [4.78, 5) is 18.6. The minimum absolute atomic E-state index is 0.214. The van der Waals surface area contributed by atoms with Crippen molar-refractivity contribution in [2.75, 3.05) is 0 Å². The second kappa shape index (κ2) is 7.25. The highest BCUT2D eigenvalue weighted by atomic mass is 79.9. The Morgan fingerprint density at radius 3 is 2.54 bits per heavy atom. The van der Waals surface area contributed by atoms with Crippen molar-refractivity contribution in [1.29, 1.82) is 0 Å². The summed E-state index contributed by atoms with van der Waals surface area (Å²) in [6.07, 6.45) is 0. The summed E-state index contributed by atoms with van der Waals surface area (Å²) in [5, 5.41) is 0.521. The third-order valence-corrected chi connectivity index (χ3v) is 6.20. The van der Waals surface area contributed by atoms with Gasteiger partial charge >= 0.3 is 0 Å². The third kappa shape index (κ3) is 3.66. The Morgan fingerprint density at radius 1 is 1.21 bits per heavy atom. The van der Waals surface area contributed by atoms with Crippen LogP contribution in [0.25, 0.3) is 10.2 Å². The smallest absolute Gasteiger partial charge is 0.279 e. The number of carbonyl (C=O) groups is 1. The van der Waals surface area contributed by atoms with Gasteiger partial charge in [0.2, 0.25) is 0 Å². The van der Waals surface area contributed by atoms with Crippen LogP contribution in [0.3, 0.4) is 0 Å². The number of carbonyl (C=O) groups excluding carboxylic acids is 1. The van der Waals surface area contributed by atoms with Crippen LogP contribution in [0.15, 0.2) is 56.8 Å². The topological polar surface area (TPSA) is 34.4 Å². The van der Waals surface area contributed by atoms with Crippen molar-refractivity contribution in [3.05, 3.63) is 57.3 Å². The fourth-order valence-corrected chi connectivity index (χ4v) is 5.01. The molecule has 0 spiro atoms. The van der Waals surface area contributed by atoms with E-state index in [1.807, 2.05) is 54.1 Å². The molecule has 0 aliphatic rings. The van der Waals surface area contributed by atoms with Crippen molar-refractivity contribution < 1.29 is 4.79 Å². The van der Waals surface area contributed by atoms with E-state index in [1.165, 1.54) is 11.3 Å². The summed E-state index contributed by atoms with van der Waals surface area (Å²) >= 11 is 6.85. The van der Waals surface area contributed by atoms with Gasteiger partial charge in [-0.1, -0.05) is 31.3 Å². The second-order valence-electron chi connectivity index (χ2n) is 5.64. The first-order chi connectivity index (χ1) is 11.5. The lowest BCUT2D eigenvalue weighted by Crippen LogP contribution is -2.13. The van der Waals surface area contributed by atoms with Gasteiger partial charge in [0.15, 0.2) is 4.80 Å². The number of para-hydroxylation sites is 1. The number of hydrogen-bond acceptors (Lipinski definition) is 3. The van der Waals surface area contributed by atoms with Gasteiger partial charge in [-0.15, -0.1) is 11.8 Å². The minimum Gasteiger partial charge on any atom is -0.318 e. The Labute approximate surface area is 157 Å². The van der Waals surface area contributed by atoms with Crippen molar-refractivity contribution in [3.63, 3.8) is 0 Å². The molecule has 1 amide bonds. The number of rotatable bonds is 3. The number of aryl methyl sites for hydroxylation is 1. The molecule has 0 atom stereocenters. The molecule has 6 heteroatoms. The molecule has 0 saturated carbocycles. The molecular weight excluding hydrogens is 404 g/mol. The van der Waals surface area contributed by atoms with Gasteiger partial charge in [0.1, 0.15) is 0 Å². The van der Waals surface area contributed by atoms with E-state index >= 15 is 0 Å². The lowest BCUT2D eigenvalue weighted by Gasteiger charge is -2.04. The maximum atomic E-state index is 12.5. The summed E-state index contributed by atoms with van der Waals surface area (Å²) in [6, 6.07) is 13.7. The summed E-state index contributed by atoms with van der Waals surface area (Å²) in [5.74, 6) is -0.214. The summed E-state index contributed by atoms with van der Waals surface area (Å²) in [6.45, 7) is 4.30. The van der Waals surface area contributed by atoms with Gasteiger partial charge in [-0.2, -0.15) is 4.99 Å². The average molecular weight is 421 g/mol. The molecule has 0 aliphatic carbocycles. The first-order valence-electron chi connectivity index (χ1n) is 7.55. The number of benzene rings is 2. The number of hydrogen-bond donors (Lipinski definition) is 0. The predicted molar refractivity (Wildman–Crippen MR) is 106 cm³/mol. The highest BCUT2D eigenvalue weighted by Gasteiger charge is 2.09. The quantitative estimate of drug-likeness (QED) is 0.542. The Hall–Kier alpha value is -1.37. The summed E-state index contributed by atoms with van der Waals surface area (Å²) < 4.78 is 4.05. The summed E-state index contributed by atoms with van der Waals surface area (Å²) in [7, 11) is 1.93. The number of amides is 1. The van der Waals surface area contributed by atoms with E-state index in [4.69, 9.17) is 0 Å². The Bertz CT molecular complexity index is 955. The molecule has 3 rings (SSSR count). The maximum Gasteiger partial charge on any atom is 0.279 e. The first-order valence-corrected chi connectivity index (χ1v) is 10.0. The van der Waals surface area contributed by atoms with Crippen molar-refractivity contribution in [1.82, 2.24) is 4.57 Å². The lowest BCUT2D eigenvalue weighted by atomic mass is 10.2. The van der Waals surface area contributed by atoms with Crippen LogP contribution in [0.1, 0.15) is 24.2 Å². The molecule has 1 heterocycles. The number of halogens is 1. The van der Waals surface area contributed by atoms with E-state index in [0.29, 0.717) is 15.6 Å². The molecule has 0 N–H and O–H groups in total. The fourth-order valence-electron chi connectivity index (χ4n) is 2.36. The standard InChI is InChI=1S/C18H17BrN2OS2/c1-11(2)23-13-9-7-12(8-10-13)17(22)20-18-21(3)16-14(19)5-4-6-15(16)24-18/h4-11H,1-3H3. The number of nitrogens with zero attached hydrogens (tertiary/aromatic N) is 2. The monoisotopic (exact) mass is 420 g/mol.